The van der Waals surface area contributed by atoms with Crippen LogP contribution >= 0.6 is 0 Å². The van der Waals surface area contributed by atoms with Crippen molar-refractivity contribution >= 4 is 5.91 Å². The van der Waals surface area contributed by atoms with E-state index >= 15 is 0 Å². The first-order chi connectivity index (χ1) is 3.50. The molecule has 0 aliphatic heterocycles. The number of carbonyl (C=O) groups excluding carboxylic acids is 1. The Morgan fingerprint density at radius 2 is 2.38 bits per heavy atom. The Bertz CT molecular complexity index is 118. The quantitative estimate of drug-likeness (QED) is 0.472. The van der Waals surface area contributed by atoms with Gasteiger partial charge >= 0.3 is 0 Å². The van der Waals surface area contributed by atoms with Crippen LogP contribution in [-0.4, -0.2) is 16.6 Å². The van der Waals surface area contributed by atoms with Crippen LogP contribution in [0.1, 0.15) is 6.92 Å². The molecule has 1 unspecified atom stereocenters. The van der Waals surface area contributed by atoms with Gasteiger partial charge in [0.25, 0.3) is 5.91 Å². The summed E-state index contributed by atoms with van der Waals surface area (Å²) >= 11 is 0. The molecule has 0 aliphatic carbocycles. The Hall–Kier alpha value is -0.830. The Kier molecular flexibility index (Phi) is 1.76. The lowest BCUT2D eigenvalue weighted by atomic mass is 10.1. The first-order valence-corrected chi connectivity index (χ1v) is 2.16. The Morgan fingerprint density at radius 3 is 2.38 bits per heavy atom. The van der Waals surface area contributed by atoms with E-state index in [-0.39, 0.29) is 0 Å². The van der Waals surface area contributed by atoms with Crippen LogP contribution in [0.2, 0.25) is 0 Å². The molecule has 1 atom stereocenters. The van der Waals surface area contributed by atoms with Gasteiger partial charge in [0.2, 0.25) is 0 Å². The van der Waals surface area contributed by atoms with Gasteiger partial charge in [-0.05, 0) is 6.92 Å². The predicted octanol–water partition coefficient (Wildman–Crippen LogP) is -0.591. The molecule has 0 fully saturated rings. The van der Waals surface area contributed by atoms with E-state index in [0.717, 1.165) is 6.08 Å². The third-order valence-electron chi connectivity index (χ3n) is 0.896. The third kappa shape index (κ3) is 1.35. The molecule has 8 heavy (non-hydrogen) atoms. The molecule has 1 amide bonds. The second-order valence-electron chi connectivity index (χ2n) is 1.72. The van der Waals surface area contributed by atoms with E-state index in [2.05, 4.69) is 6.58 Å². The van der Waals surface area contributed by atoms with Crippen molar-refractivity contribution in [3.05, 3.63) is 12.7 Å². The molecule has 3 N–H and O–H groups in total. The number of aliphatic hydroxyl groups is 1. The first kappa shape index (κ1) is 7.17. The van der Waals surface area contributed by atoms with Gasteiger partial charge < -0.3 is 10.8 Å². The summed E-state index contributed by atoms with van der Waals surface area (Å²) in [6.07, 6.45) is 1.09. The summed E-state index contributed by atoms with van der Waals surface area (Å²) in [5.74, 6) is -0.785. The van der Waals surface area contributed by atoms with Crippen LogP contribution in [0.3, 0.4) is 0 Å². The number of primary amides is 1. The summed E-state index contributed by atoms with van der Waals surface area (Å²) in [7, 11) is 0. The summed E-state index contributed by atoms with van der Waals surface area (Å²) < 4.78 is 0. The van der Waals surface area contributed by atoms with E-state index in [0.29, 0.717) is 0 Å². The highest BCUT2D eigenvalue weighted by Crippen LogP contribution is 2.00. The highest BCUT2D eigenvalue weighted by atomic mass is 16.3. The summed E-state index contributed by atoms with van der Waals surface area (Å²) in [5.41, 5.74) is 3.16. The smallest absolute Gasteiger partial charge is 0.253 e. The molecule has 0 aliphatic rings. The number of rotatable bonds is 2. The molecular formula is C5H9NO2. The minimum absolute atomic E-state index is 0.785. The van der Waals surface area contributed by atoms with E-state index < -0.39 is 11.5 Å². The lowest BCUT2D eigenvalue weighted by Crippen LogP contribution is -2.38. The summed E-state index contributed by atoms with van der Waals surface area (Å²) in [6, 6.07) is 0. The van der Waals surface area contributed by atoms with E-state index in [4.69, 9.17) is 10.8 Å². The van der Waals surface area contributed by atoms with Gasteiger partial charge in [-0.25, -0.2) is 0 Å². The SMILES string of the molecule is C=CC(C)(O)C(N)=O. The van der Waals surface area contributed by atoms with Crippen LogP contribution in [0.25, 0.3) is 0 Å². The van der Waals surface area contributed by atoms with Crippen LogP contribution in [0.5, 0.6) is 0 Å². The molecule has 0 aromatic rings. The highest BCUT2D eigenvalue weighted by Gasteiger charge is 2.21. The molecule has 0 bridgehead atoms. The highest BCUT2D eigenvalue weighted by molar-refractivity contribution is 5.84. The van der Waals surface area contributed by atoms with Gasteiger partial charge in [0, 0.05) is 0 Å². The monoisotopic (exact) mass is 115 g/mol. The molecule has 0 radical (unpaired) electrons. The van der Waals surface area contributed by atoms with Gasteiger partial charge in [0.1, 0.15) is 0 Å². The molecule has 0 saturated heterocycles. The lowest BCUT2D eigenvalue weighted by molar-refractivity contribution is -0.130. The topological polar surface area (TPSA) is 63.3 Å². The maximum atomic E-state index is 10.2. The van der Waals surface area contributed by atoms with E-state index in [1.54, 1.807) is 0 Å². The van der Waals surface area contributed by atoms with Crippen molar-refractivity contribution in [3.63, 3.8) is 0 Å². The van der Waals surface area contributed by atoms with E-state index in [1.807, 2.05) is 0 Å². The zero-order valence-corrected chi connectivity index (χ0v) is 4.72. The fourth-order valence-corrected chi connectivity index (χ4v) is 0.101. The largest absolute Gasteiger partial charge is 0.376 e. The van der Waals surface area contributed by atoms with Crippen molar-refractivity contribution in [1.82, 2.24) is 0 Å². The van der Waals surface area contributed by atoms with Crippen LogP contribution in [0.15, 0.2) is 12.7 Å². The van der Waals surface area contributed by atoms with E-state index in [9.17, 15) is 4.79 Å². The van der Waals surface area contributed by atoms with Gasteiger partial charge in [-0.1, -0.05) is 12.7 Å². The average Bonchev–Trinajstić information content (AvgIpc) is 1.67. The second kappa shape index (κ2) is 1.96. The first-order valence-electron chi connectivity index (χ1n) is 2.16. The number of carbonyl (C=O) groups is 1. The number of hydrogen-bond acceptors (Lipinski definition) is 2. The number of hydrogen-bond donors (Lipinski definition) is 2. The molecule has 0 aromatic carbocycles. The number of amides is 1. The summed E-state index contributed by atoms with van der Waals surface area (Å²) in [6.45, 7) is 4.48. The van der Waals surface area contributed by atoms with Crippen molar-refractivity contribution in [3.8, 4) is 0 Å². The van der Waals surface area contributed by atoms with Crippen molar-refractivity contribution in [2.45, 2.75) is 12.5 Å². The average molecular weight is 115 g/mol. The molecule has 3 nitrogen and oxygen atoms in total. The number of nitrogens with two attached hydrogens (primary N) is 1. The zero-order valence-electron chi connectivity index (χ0n) is 4.72. The second-order valence-corrected chi connectivity index (χ2v) is 1.72. The molecular weight excluding hydrogens is 106 g/mol. The molecule has 0 spiro atoms. The molecule has 46 valence electrons. The standard InChI is InChI=1S/C5H9NO2/c1-3-5(2,8)4(6)7/h3,8H,1H2,2H3,(H2,6,7). The molecule has 3 heteroatoms. The fraction of sp³-hybridized carbons (Fsp3) is 0.400. The van der Waals surface area contributed by atoms with Gasteiger partial charge in [0.05, 0.1) is 0 Å². The van der Waals surface area contributed by atoms with Crippen molar-refractivity contribution < 1.29 is 9.90 Å². The van der Waals surface area contributed by atoms with Crippen molar-refractivity contribution in [1.29, 1.82) is 0 Å². The Balaban J connectivity index is 4.12. The molecule has 0 rings (SSSR count). The lowest BCUT2D eigenvalue weighted by Gasteiger charge is -2.11. The van der Waals surface area contributed by atoms with Crippen LogP contribution in [0.4, 0.5) is 0 Å². The third-order valence-corrected chi connectivity index (χ3v) is 0.896. The molecule has 0 heterocycles. The van der Waals surface area contributed by atoms with Crippen LogP contribution in [0, 0.1) is 0 Å². The zero-order chi connectivity index (χ0) is 6.78. The Morgan fingerprint density at radius 1 is 2.00 bits per heavy atom. The maximum Gasteiger partial charge on any atom is 0.253 e. The normalized spacial score (nSPS) is 16.8. The van der Waals surface area contributed by atoms with Crippen LogP contribution < -0.4 is 5.73 Å². The van der Waals surface area contributed by atoms with Gasteiger partial charge in [0.15, 0.2) is 5.60 Å². The van der Waals surface area contributed by atoms with Crippen molar-refractivity contribution in [2.24, 2.45) is 5.73 Å². The minimum atomic E-state index is -1.56. The molecule has 0 aromatic heterocycles. The van der Waals surface area contributed by atoms with E-state index in [1.165, 1.54) is 6.92 Å². The summed E-state index contributed by atoms with van der Waals surface area (Å²) in [5, 5.41) is 8.81. The Labute approximate surface area is 47.8 Å². The molecule has 0 saturated carbocycles. The minimum Gasteiger partial charge on any atom is -0.376 e. The summed E-state index contributed by atoms with van der Waals surface area (Å²) in [4.78, 5) is 10.2. The van der Waals surface area contributed by atoms with Gasteiger partial charge in [-0.2, -0.15) is 0 Å². The maximum absolute atomic E-state index is 10.2. The van der Waals surface area contributed by atoms with Gasteiger partial charge in [-0.3, -0.25) is 4.79 Å². The van der Waals surface area contributed by atoms with Gasteiger partial charge in [-0.15, -0.1) is 0 Å². The van der Waals surface area contributed by atoms with Crippen LogP contribution in [-0.2, 0) is 4.79 Å². The van der Waals surface area contributed by atoms with Crippen molar-refractivity contribution in [2.75, 3.05) is 0 Å². The fourth-order valence-electron chi connectivity index (χ4n) is 0.101. The predicted molar refractivity (Wildman–Crippen MR) is 30.0 cm³/mol.